The number of Topliss-reactive ketones (excluding diaryl/α,β-unsaturated/α-hetero) is 1. The van der Waals surface area contributed by atoms with Crippen LogP contribution in [0.2, 0.25) is 18.1 Å². The first kappa shape index (κ1) is 21.0. The normalized spacial score (nSPS) is 19.1. The van der Waals surface area contributed by atoms with E-state index in [0.717, 1.165) is 6.42 Å². The van der Waals surface area contributed by atoms with Crippen molar-refractivity contribution in [2.45, 2.75) is 63.6 Å². The van der Waals surface area contributed by atoms with Crippen molar-refractivity contribution >= 4 is 14.1 Å². The third-order valence-corrected chi connectivity index (χ3v) is 9.49. The molecular formula is C19H32O4Si. The summed E-state index contributed by atoms with van der Waals surface area (Å²) in [6, 6.07) is 0. The number of hydrogen-bond donors (Lipinski definition) is 0. The molecule has 0 bridgehead atoms. The molecule has 0 fully saturated rings. The van der Waals surface area contributed by atoms with Crippen molar-refractivity contribution < 1.29 is 18.7 Å². The molecule has 1 rings (SSSR count). The Morgan fingerprint density at radius 1 is 1.29 bits per heavy atom. The fourth-order valence-corrected chi connectivity index (χ4v) is 3.68. The van der Waals surface area contributed by atoms with E-state index in [4.69, 9.17) is 13.9 Å². The summed E-state index contributed by atoms with van der Waals surface area (Å²) in [5, 5.41) is 0.0626. The monoisotopic (exact) mass is 352 g/mol. The highest BCUT2D eigenvalue weighted by Gasteiger charge is 2.45. The number of ether oxygens (including phenoxy) is 2. The van der Waals surface area contributed by atoms with Gasteiger partial charge in [0, 0.05) is 19.8 Å². The van der Waals surface area contributed by atoms with Crippen LogP contribution in [0.3, 0.4) is 0 Å². The highest BCUT2D eigenvalue weighted by atomic mass is 28.4. The van der Waals surface area contributed by atoms with Crippen molar-refractivity contribution in [3.8, 4) is 0 Å². The van der Waals surface area contributed by atoms with Crippen molar-refractivity contribution in [2.75, 3.05) is 14.2 Å². The van der Waals surface area contributed by atoms with E-state index in [2.05, 4.69) is 40.4 Å². The molecule has 0 radical (unpaired) electrons. The Morgan fingerprint density at radius 3 is 2.33 bits per heavy atom. The highest BCUT2D eigenvalue weighted by molar-refractivity contribution is 6.74. The molecule has 0 N–H and O–H groups in total. The van der Waals surface area contributed by atoms with Crippen LogP contribution in [0.25, 0.3) is 0 Å². The first-order valence-electron chi connectivity index (χ1n) is 8.38. The molecular weight excluding hydrogens is 320 g/mol. The fourth-order valence-electron chi connectivity index (χ4n) is 2.37. The number of hydrogen-bond acceptors (Lipinski definition) is 4. The van der Waals surface area contributed by atoms with E-state index in [9.17, 15) is 4.79 Å². The molecule has 0 aliphatic heterocycles. The maximum absolute atomic E-state index is 13.0. The van der Waals surface area contributed by atoms with E-state index in [0.29, 0.717) is 12.0 Å². The van der Waals surface area contributed by atoms with Crippen LogP contribution >= 0.6 is 0 Å². The molecule has 0 saturated carbocycles. The van der Waals surface area contributed by atoms with Crippen molar-refractivity contribution in [3.05, 3.63) is 36.5 Å². The minimum atomic E-state index is -2.03. The van der Waals surface area contributed by atoms with Crippen LogP contribution < -0.4 is 0 Å². The summed E-state index contributed by atoms with van der Waals surface area (Å²) in [5.41, 5.74) is 0.605. The third kappa shape index (κ3) is 4.33. The predicted octanol–water partition coefficient (Wildman–Crippen LogP) is 4.40. The van der Waals surface area contributed by atoms with Crippen molar-refractivity contribution in [3.63, 3.8) is 0 Å². The van der Waals surface area contributed by atoms with E-state index in [-0.39, 0.29) is 16.9 Å². The van der Waals surface area contributed by atoms with Crippen LogP contribution in [0.4, 0.5) is 0 Å². The molecule has 24 heavy (non-hydrogen) atoms. The quantitative estimate of drug-likeness (QED) is 0.369. The number of carbonyl (C=O) groups is 1. The van der Waals surface area contributed by atoms with Gasteiger partial charge in [0.05, 0.1) is 6.10 Å². The van der Waals surface area contributed by atoms with Gasteiger partial charge in [-0.25, -0.2) is 0 Å². The van der Waals surface area contributed by atoms with Crippen LogP contribution in [0, 0.1) is 0 Å². The van der Waals surface area contributed by atoms with Crippen LogP contribution in [0.1, 0.15) is 33.6 Å². The molecule has 1 unspecified atom stereocenters. The molecule has 0 heterocycles. The molecule has 1 aliphatic rings. The second kappa shape index (κ2) is 7.91. The number of allylic oxidation sites excluding steroid dienone is 3. The number of ketones is 1. The van der Waals surface area contributed by atoms with Gasteiger partial charge in [-0.1, -0.05) is 39.0 Å². The Balaban J connectivity index is 3.17. The van der Waals surface area contributed by atoms with E-state index in [1.807, 2.05) is 12.2 Å². The third-order valence-electron chi connectivity index (χ3n) is 5.00. The zero-order valence-electron chi connectivity index (χ0n) is 16.1. The summed E-state index contributed by atoms with van der Waals surface area (Å²) >= 11 is 0. The second-order valence-electron chi connectivity index (χ2n) is 7.62. The average molecular weight is 353 g/mol. The molecule has 5 heteroatoms. The number of methoxy groups -OCH3 is 2. The lowest BCUT2D eigenvalue weighted by Crippen LogP contribution is -2.49. The highest BCUT2D eigenvalue weighted by Crippen LogP contribution is 2.39. The molecule has 0 aromatic heterocycles. The van der Waals surface area contributed by atoms with Gasteiger partial charge in [-0.05, 0) is 37.0 Å². The van der Waals surface area contributed by atoms with Crippen LogP contribution in [-0.4, -0.2) is 40.2 Å². The van der Waals surface area contributed by atoms with Crippen LogP contribution in [0.5, 0.6) is 0 Å². The van der Waals surface area contributed by atoms with Gasteiger partial charge in [0.1, 0.15) is 0 Å². The largest absolute Gasteiger partial charge is 0.410 e. The van der Waals surface area contributed by atoms with E-state index < -0.39 is 14.1 Å². The first-order chi connectivity index (χ1) is 11.0. The van der Waals surface area contributed by atoms with Gasteiger partial charge >= 0.3 is 0 Å². The molecule has 0 spiro atoms. The Morgan fingerprint density at radius 2 is 1.88 bits per heavy atom. The topological polar surface area (TPSA) is 44.8 Å². The minimum Gasteiger partial charge on any atom is -0.410 e. The summed E-state index contributed by atoms with van der Waals surface area (Å²) in [7, 11) is 0.917. The zero-order valence-corrected chi connectivity index (χ0v) is 17.1. The van der Waals surface area contributed by atoms with Gasteiger partial charge in [0.2, 0.25) is 5.78 Å². The predicted molar refractivity (Wildman–Crippen MR) is 100 cm³/mol. The van der Waals surface area contributed by atoms with Gasteiger partial charge < -0.3 is 13.9 Å². The number of carbonyl (C=O) groups excluding carboxylic acids is 1. The fraction of sp³-hybridized carbons (Fsp3) is 0.632. The zero-order chi connectivity index (χ0) is 18.6. The second-order valence-corrected chi connectivity index (χ2v) is 12.4. The van der Waals surface area contributed by atoms with E-state index in [1.54, 1.807) is 12.2 Å². The average Bonchev–Trinajstić information content (AvgIpc) is 2.51. The van der Waals surface area contributed by atoms with Gasteiger partial charge in [0.25, 0.3) is 5.79 Å². The van der Waals surface area contributed by atoms with Gasteiger partial charge in [-0.3, -0.25) is 4.79 Å². The molecule has 0 amide bonds. The smallest absolute Gasteiger partial charge is 0.253 e. The Bertz CT molecular complexity index is 522. The Labute approximate surface area is 147 Å². The summed E-state index contributed by atoms with van der Waals surface area (Å²) in [4.78, 5) is 13.0. The summed E-state index contributed by atoms with van der Waals surface area (Å²) < 4.78 is 17.3. The van der Waals surface area contributed by atoms with Gasteiger partial charge in [-0.15, -0.1) is 6.58 Å². The number of rotatable bonds is 8. The first-order valence-corrected chi connectivity index (χ1v) is 11.3. The summed E-state index contributed by atoms with van der Waals surface area (Å²) in [6.07, 6.45) is 8.32. The molecule has 0 aromatic carbocycles. The van der Waals surface area contributed by atoms with Gasteiger partial charge in [0.15, 0.2) is 8.32 Å². The lowest BCUT2D eigenvalue weighted by Gasteiger charge is -2.41. The molecule has 1 atom stereocenters. The lowest BCUT2D eigenvalue weighted by atomic mass is 9.91. The molecule has 4 nitrogen and oxygen atoms in total. The Hall–Kier alpha value is -1.01. The SMILES string of the molecule is C=CCCC(O[Si](C)(C)C(C)(C)C)C1=CC=CC(OC)(OC)C1=O. The minimum absolute atomic E-state index is 0.0626. The van der Waals surface area contributed by atoms with Crippen molar-refractivity contribution in [1.29, 1.82) is 0 Å². The van der Waals surface area contributed by atoms with Crippen LogP contribution in [0.15, 0.2) is 36.5 Å². The Kier molecular flexibility index (Phi) is 6.93. The maximum atomic E-state index is 13.0. The molecule has 136 valence electrons. The van der Waals surface area contributed by atoms with Gasteiger partial charge in [-0.2, -0.15) is 0 Å². The lowest BCUT2D eigenvalue weighted by molar-refractivity contribution is -0.183. The summed E-state index contributed by atoms with van der Waals surface area (Å²) in [5.74, 6) is -1.55. The van der Waals surface area contributed by atoms with Crippen LogP contribution in [-0.2, 0) is 18.7 Å². The maximum Gasteiger partial charge on any atom is 0.253 e. The molecule has 0 saturated heterocycles. The molecule has 1 aliphatic carbocycles. The molecule has 0 aromatic rings. The van der Waals surface area contributed by atoms with Crippen molar-refractivity contribution in [1.82, 2.24) is 0 Å². The standard InChI is InChI=1S/C19H32O4Si/c1-9-10-13-16(23-24(7,8)18(2,3)4)15-12-11-14-19(21-5,22-6)17(15)20/h9,11-12,14,16H,1,10,13H2,2-8H3. The summed E-state index contributed by atoms with van der Waals surface area (Å²) in [6.45, 7) is 14.7. The van der Waals surface area contributed by atoms with E-state index in [1.165, 1.54) is 14.2 Å². The van der Waals surface area contributed by atoms with E-state index >= 15 is 0 Å². The van der Waals surface area contributed by atoms with Crippen molar-refractivity contribution in [2.24, 2.45) is 0 Å².